The van der Waals surface area contributed by atoms with Crippen LogP contribution in [-0.4, -0.2) is 48.7 Å². The molecule has 2 aliphatic heterocycles. The Balaban J connectivity index is 2.01. The Morgan fingerprint density at radius 2 is 1.92 bits per heavy atom. The number of hydrogen-bond acceptors (Lipinski definition) is 3. The minimum absolute atomic E-state index is 0.890. The average molecular weight is 200 g/mol. The van der Waals surface area contributed by atoms with E-state index in [2.05, 4.69) is 29.4 Å². The molecule has 2 heterocycles. The van der Waals surface area contributed by atoms with Gasteiger partial charge in [0.1, 0.15) is 0 Å². The summed E-state index contributed by atoms with van der Waals surface area (Å²) < 4.78 is 2.53. The number of rotatable bonds is 1. The molecule has 2 nitrogen and oxygen atoms in total. The lowest BCUT2D eigenvalue weighted by molar-refractivity contribution is 0.121. The summed E-state index contributed by atoms with van der Waals surface area (Å²) in [5.41, 5.74) is 0. The summed E-state index contributed by atoms with van der Waals surface area (Å²) in [6.07, 6.45) is 2.20. The molecule has 2 rings (SSSR count). The Morgan fingerprint density at radius 1 is 1.15 bits per heavy atom. The molecule has 3 heteroatoms. The van der Waals surface area contributed by atoms with Gasteiger partial charge in [0.25, 0.3) is 0 Å². The van der Waals surface area contributed by atoms with Crippen LogP contribution in [0.4, 0.5) is 0 Å². The molecule has 0 unspecified atom stereocenters. The normalized spacial score (nSPS) is 42.2. The molecule has 0 N–H and O–H groups in total. The van der Waals surface area contributed by atoms with Gasteiger partial charge in [-0.2, -0.15) is 0 Å². The van der Waals surface area contributed by atoms with Gasteiger partial charge in [0, 0.05) is 26.2 Å². The Bertz CT molecular complexity index is 186. The Hall–Kier alpha value is 0.270. The topological polar surface area (TPSA) is 6.48 Å². The van der Waals surface area contributed by atoms with Crippen molar-refractivity contribution in [2.45, 2.75) is 6.92 Å². The first kappa shape index (κ1) is 9.81. The fourth-order valence-corrected chi connectivity index (χ4v) is 3.61. The van der Waals surface area contributed by atoms with Gasteiger partial charge in [-0.1, -0.05) is 18.9 Å². The van der Waals surface area contributed by atoms with Crippen LogP contribution in [0.25, 0.3) is 0 Å². The van der Waals surface area contributed by atoms with Gasteiger partial charge in [0.05, 0.1) is 0 Å². The summed E-state index contributed by atoms with van der Waals surface area (Å²) in [5, 5.41) is 0. The van der Waals surface area contributed by atoms with Crippen molar-refractivity contribution < 1.29 is 0 Å². The van der Waals surface area contributed by atoms with Crippen LogP contribution in [0.2, 0.25) is 0 Å². The lowest BCUT2D eigenvalue weighted by Crippen LogP contribution is -2.42. The smallest absolute Gasteiger partial charge is 0.0133 e. The molecule has 0 aromatic heterocycles. The summed E-state index contributed by atoms with van der Waals surface area (Å²) in [6, 6.07) is 0. The largest absolute Gasteiger partial charge is 0.306 e. The third-order valence-corrected chi connectivity index (χ3v) is 4.41. The summed E-state index contributed by atoms with van der Waals surface area (Å²) in [5.74, 6) is 2.78. The molecule has 0 saturated carbocycles. The first-order chi connectivity index (χ1) is 6.20. The SMILES string of the molecule is CSN1C[C@H]2CN(C)C[C@H](C)[C@H]2C1. The number of fused-ring (bicyclic) bond motifs is 1. The maximum absolute atomic E-state index is 2.53. The van der Waals surface area contributed by atoms with Gasteiger partial charge in [0.15, 0.2) is 0 Å². The van der Waals surface area contributed by atoms with Crippen molar-refractivity contribution in [3.05, 3.63) is 0 Å². The molecular formula is C10H20N2S. The third-order valence-electron chi connectivity index (χ3n) is 3.59. The first-order valence-corrected chi connectivity index (χ1v) is 6.36. The molecule has 2 aliphatic rings. The third kappa shape index (κ3) is 1.88. The van der Waals surface area contributed by atoms with E-state index in [-0.39, 0.29) is 0 Å². The molecule has 76 valence electrons. The second-order valence-corrected chi connectivity index (χ2v) is 5.53. The number of hydrogen-bond donors (Lipinski definition) is 0. The van der Waals surface area contributed by atoms with E-state index in [9.17, 15) is 0 Å². The van der Waals surface area contributed by atoms with Gasteiger partial charge in [-0.3, -0.25) is 4.31 Å². The molecule has 0 aliphatic carbocycles. The van der Waals surface area contributed by atoms with Gasteiger partial charge in [-0.15, -0.1) is 0 Å². The van der Waals surface area contributed by atoms with E-state index in [1.54, 1.807) is 0 Å². The average Bonchev–Trinajstić information content (AvgIpc) is 2.47. The van der Waals surface area contributed by atoms with E-state index in [0.717, 1.165) is 17.8 Å². The predicted octanol–water partition coefficient (Wildman–Crippen LogP) is 1.39. The van der Waals surface area contributed by atoms with Crippen molar-refractivity contribution in [3.8, 4) is 0 Å². The van der Waals surface area contributed by atoms with E-state index in [1.165, 1.54) is 26.2 Å². The summed E-state index contributed by atoms with van der Waals surface area (Å²) in [6.45, 7) is 7.65. The quantitative estimate of drug-likeness (QED) is 0.591. The maximum Gasteiger partial charge on any atom is 0.0133 e. The first-order valence-electron chi connectivity index (χ1n) is 5.18. The highest BCUT2D eigenvalue weighted by Gasteiger charge is 2.39. The van der Waals surface area contributed by atoms with Gasteiger partial charge in [-0.05, 0) is 31.1 Å². The van der Waals surface area contributed by atoms with Crippen molar-refractivity contribution in [2.24, 2.45) is 17.8 Å². The van der Waals surface area contributed by atoms with E-state index < -0.39 is 0 Å². The van der Waals surface area contributed by atoms with Crippen molar-refractivity contribution >= 4 is 11.9 Å². The molecule has 0 aromatic carbocycles. The van der Waals surface area contributed by atoms with Gasteiger partial charge in [0.2, 0.25) is 0 Å². The Morgan fingerprint density at radius 3 is 2.62 bits per heavy atom. The molecular weight excluding hydrogens is 180 g/mol. The molecule has 0 bridgehead atoms. The summed E-state index contributed by atoms with van der Waals surface area (Å²) in [4.78, 5) is 2.50. The lowest BCUT2D eigenvalue weighted by Gasteiger charge is -2.36. The molecule has 3 atom stereocenters. The van der Waals surface area contributed by atoms with Crippen LogP contribution in [-0.2, 0) is 0 Å². The van der Waals surface area contributed by atoms with Crippen molar-refractivity contribution in [3.63, 3.8) is 0 Å². The lowest BCUT2D eigenvalue weighted by atomic mass is 9.81. The van der Waals surface area contributed by atoms with Crippen LogP contribution in [0.15, 0.2) is 0 Å². The van der Waals surface area contributed by atoms with Crippen LogP contribution in [0.1, 0.15) is 6.92 Å². The molecule has 0 radical (unpaired) electrons. The van der Waals surface area contributed by atoms with E-state index in [1.807, 2.05) is 11.9 Å². The molecule has 13 heavy (non-hydrogen) atoms. The van der Waals surface area contributed by atoms with E-state index in [4.69, 9.17) is 0 Å². The highest BCUT2D eigenvalue weighted by molar-refractivity contribution is 7.96. The zero-order valence-electron chi connectivity index (χ0n) is 8.86. The van der Waals surface area contributed by atoms with Gasteiger partial charge in [-0.25, -0.2) is 0 Å². The minimum atomic E-state index is 0.890. The van der Waals surface area contributed by atoms with Crippen LogP contribution >= 0.6 is 11.9 Å². The van der Waals surface area contributed by atoms with E-state index >= 15 is 0 Å². The fourth-order valence-electron chi connectivity index (χ4n) is 2.94. The fraction of sp³-hybridized carbons (Fsp3) is 1.00. The standard InChI is InChI=1S/C10H20N2S/c1-8-4-11(2)5-9-6-12(13-3)7-10(8)9/h8-10H,4-7H2,1-3H3/t8-,9+,10+/m0/s1. The number of nitrogens with zero attached hydrogens (tertiary/aromatic N) is 2. The zero-order chi connectivity index (χ0) is 9.42. The van der Waals surface area contributed by atoms with Gasteiger partial charge < -0.3 is 4.90 Å². The molecule has 2 fully saturated rings. The Labute approximate surface area is 85.8 Å². The second kappa shape index (κ2) is 3.79. The molecule has 0 aromatic rings. The Kier molecular flexibility index (Phi) is 2.86. The van der Waals surface area contributed by atoms with Crippen LogP contribution in [0.5, 0.6) is 0 Å². The van der Waals surface area contributed by atoms with Gasteiger partial charge >= 0.3 is 0 Å². The molecule has 0 amide bonds. The number of likely N-dealkylation sites (tertiary alicyclic amines) is 1. The van der Waals surface area contributed by atoms with Crippen molar-refractivity contribution in [1.82, 2.24) is 9.21 Å². The minimum Gasteiger partial charge on any atom is -0.306 e. The summed E-state index contributed by atoms with van der Waals surface area (Å²) in [7, 11) is 2.26. The van der Waals surface area contributed by atoms with Crippen LogP contribution < -0.4 is 0 Å². The summed E-state index contributed by atoms with van der Waals surface area (Å²) >= 11 is 1.92. The molecule has 0 spiro atoms. The van der Waals surface area contributed by atoms with Crippen molar-refractivity contribution in [1.29, 1.82) is 0 Å². The van der Waals surface area contributed by atoms with Crippen LogP contribution in [0.3, 0.4) is 0 Å². The second-order valence-electron chi connectivity index (χ2n) is 4.65. The monoisotopic (exact) mass is 200 g/mol. The number of piperidine rings is 1. The van der Waals surface area contributed by atoms with E-state index in [0.29, 0.717) is 0 Å². The predicted molar refractivity (Wildman–Crippen MR) is 58.7 cm³/mol. The molecule has 2 saturated heterocycles. The highest BCUT2D eigenvalue weighted by Crippen LogP contribution is 2.36. The highest BCUT2D eigenvalue weighted by atomic mass is 32.2. The maximum atomic E-state index is 2.53. The van der Waals surface area contributed by atoms with Crippen molar-refractivity contribution in [2.75, 3.05) is 39.5 Å². The zero-order valence-corrected chi connectivity index (χ0v) is 9.68. The van der Waals surface area contributed by atoms with Crippen LogP contribution in [0, 0.1) is 17.8 Å².